The summed E-state index contributed by atoms with van der Waals surface area (Å²) in [5.41, 5.74) is 1.86. The van der Waals surface area contributed by atoms with E-state index in [0.29, 0.717) is 47.7 Å². The molecule has 1 aliphatic heterocycles. The Balaban J connectivity index is 1.40. The molecule has 7 nitrogen and oxygen atoms in total. The van der Waals surface area contributed by atoms with Gasteiger partial charge >= 0.3 is 0 Å². The molecule has 0 spiro atoms. The molecule has 0 bridgehead atoms. The molecule has 0 aliphatic carbocycles. The van der Waals surface area contributed by atoms with Gasteiger partial charge in [-0.25, -0.2) is 0 Å². The van der Waals surface area contributed by atoms with Gasteiger partial charge in [-0.1, -0.05) is 35.0 Å². The van der Waals surface area contributed by atoms with Crippen molar-refractivity contribution in [2.24, 2.45) is 0 Å². The van der Waals surface area contributed by atoms with E-state index in [-0.39, 0.29) is 11.8 Å². The van der Waals surface area contributed by atoms with E-state index in [9.17, 15) is 4.79 Å². The van der Waals surface area contributed by atoms with Crippen LogP contribution >= 0.6 is 11.6 Å². The Morgan fingerprint density at radius 3 is 2.77 bits per heavy atom. The third kappa shape index (κ3) is 4.26. The van der Waals surface area contributed by atoms with Crippen molar-refractivity contribution in [3.63, 3.8) is 0 Å². The largest absolute Gasteiger partial charge is 0.493 e. The van der Waals surface area contributed by atoms with E-state index in [0.717, 1.165) is 17.5 Å². The van der Waals surface area contributed by atoms with Gasteiger partial charge in [0, 0.05) is 30.1 Å². The van der Waals surface area contributed by atoms with Crippen LogP contribution in [0.15, 0.2) is 47.0 Å². The Labute approximate surface area is 179 Å². The molecule has 1 amide bonds. The third-order valence-corrected chi connectivity index (χ3v) is 5.44. The molecule has 156 valence electrons. The van der Waals surface area contributed by atoms with E-state index < -0.39 is 0 Å². The number of nitrogens with zero attached hydrogens (tertiary/aromatic N) is 3. The van der Waals surface area contributed by atoms with Gasteiger partial charge in [0.1, 0.15) is 0 Å². The number of carbonyl (C=O) groups is 1. The van der Waals surface area contributed by atoms with Crippen LogP contribution in [0.25, 0.3) is 11.4 Å². The molecule has 8 heteroatoms. The molecule has 2 aromatic carbocycles. The fraction of sp³-hybridized carbons (Fsp3) is 0.318. The van der Waals surface area contributed by atoms with Crippen LogP contribution in [-0.2, 0) is 11.2 Å². The second kappa shape index (κ2) is 8.75. The van der Waals surface area contributed by atoms with Crippen molar-refractivity contribution in [1.82, 2.24) is 15.0 Å². The summed E-state index contributed by atoms with van der Waals surface area (Å²) in [6.07, 6.45) is 1.08. The van der Waals surface area contributed by atoms with Crippen LogP contribution in [0, 0.1) is 0 Å². The van der Waals surface area contributed by atoms with Gasteiger partial charge in [-0.3, -0.25) is 4.79 Å². The second-order valence-electron chi connectivity index (χ2n) is 7.15. The van der Waals surface area contributed by atoms with Crippen molar-refractivity contribution < 1.29 is 18.8 Å². The van der Waals surface area contributed by atoms with Gasteiger partial charge < -0.3 is 18.9 Å². The summed E-state index contributed by atoms with van der Waals surface area (Å²) in [6.45, 7) is 1.17. The number of rotatable bonds is 7. The molecule has 4 rings (SSSR count). The predicted molar refractivity (Wildman–Crippen MR) is 112 cm³/mol. The van der Waals surface area contributed by atoms with E-state index in [1.54, 1.807) is 26.4 Å². The molecule has 1 fully saturated rings. The van der Waals surface area contributed by atoms with Crippen LogP contribution in [0.1, 0.15) is 23.8 Å². The number of aromatic nitrogens is 2. The molecule has 30 heavy (non-hydrogen) atoms. The number of ether oxygens (including phenoxy) is 2. The average molecular weight is 428 g/mol. The monoisotopic (exact) mass is 427 g/mol. The minimum atomic E-state index is -0.108. The Morgan fingerprint density at radius 2 is 2.00 bits per heavy atom. The van der Waals surface area contributed by atoms with Crippen LogP contribution in [0.4, 0.5) is 0 Å². The van der Waals surface area contributed by atoms with Crippen molar-refractivity contribution >= 4 is 17.5 Å². The lowest BCUT2D eigenvalue weighted by Crippen LogP contribution is -2.27. The Hall–Kier alpha value is -3.06. The quantitative estimate of drug-likeness (QED) is 0.567. The number of carbonyl (C=O) groups excluding carboxylic acids is 1. The normalized spacial score (nSPS) is 16.2. The third-order valence-electron chi connectivity index (χ3n) is 5.21. The first-order chi connectivity index (χ1) is 14.6. The SMILES string of the molecule is COc1ccc(CCN2CC(c3nc(-c4cccc(Cl)c4)no3)CC2=O)cc1OC. The van der Waals surface area contributed by atoms with Gasteiger partial charge in [-0.05, 0) is 36.2 Å². The lowest BCUT2D eigenvalue weighted by atomic mass is 10.1. The number of halogens is 1. The van der Waals surface area contributed by atoms with Crippen LogP contribution < -0.4 is 9.47 Å². The fourth-order valence-corrected chi connectivity index (χ4v) is 3.79. The van der Waals surface area contributed by atoms with Gasteiger partial charge in [0.15, 0.2) is 11.5 Å². The van der Waals surface area contributed by atoms with E-state index in [1.807, 2.05) is 35.2 Å². The number of benzene rings is 2. The van der Waals surface area contributed by atoms with Crippen LogP contribution in [0.2, 0.25) is 5.02 Å². The van der Waals surface area contributed by atoms with Gasteiger partial charge in [0.25, 0.3) is 0 Å². The minimum absolute atomic E-state index is 0.0861. The Morgan fingerprint density at radius 1 is 1.17 bits per heavy atom. The van der Waals surface area contributed by atoms with Gasteiger partial charge in [0.2, 0.25) is 17.6 Å². The molecule has 3 aromatic rings. The van der Waals surface area contributed by atoms with Gasteiger partial charge in [-0.2, -0.15) is 4.98 Å². The maximum atomic E-state index is 12.5. The summed E-state index contributed by atoms with van der Waals surface area (Å²) < 4.78 is 16.1. The zero-order valence-electron chi connectivity index (χ0n) is 16.8. The predicted octanol–water partition coefficient (Wildman–Crippen LogP) is 3.97. The maximum Gasteiger partial charge on any atom is 0.232 e. The number of likely N-dealkylation sites (tertiary alicyclic amines) is 1. The van der Waals surface area contributed by atoms with Crippen LogP contribution in [0.3, 0.4) is 0 Å². The number of hydrogen-bond acceptors (Lipinski definition) is 6. The van der Waals surface area contributed by atoms with E-state index in [1.165, 1.54) is 0 Å². The fourth-order valence-electron chi connectivity index (χ4n) is 3.60. The molecule has 1 aliphatic rings. The molecule has 0 saturated carbocycles. The van der Waals surface area contributed by atoms with E-state index in [4.69, 9.17) is 25.6 Å². The van der Waals surface area contributed by atoms with Gasteiger partial charge in [0.05, 0.1) is 20.1 Å². The Kier molecular flexibility index (Phi) is 5.90. The average Bonchev–Trinajstić information content (AvgIpc) is 3.39. The summed E-state index contributed by atoms with van der Waals surface area (Å²) in [6, 6.07) is 13.1. The zero-order valence-corrected chi connectivity index (χ0v) is 17.6. The highest BCUT2D eigenvalue weighted by molar-refractivity contribution is 6.30. The molecule has 1 atom stereocenters. The van der Waals surface area contributed by atoms with Crippen LogP contribution in [0.5, 0.6) is 11.5 Å². The summed E-state index contributed by atoms with van der Waals surface area (Å²) in [4.78, 5) is 18.8. The van der Waals surface area contributed by atoms with Gasteiger partial charge in [-0.15, -0.1) is 0 Å². The van der Waals surface area contributed by atoms with E-state index in [2.05, 4.69) is 10.1 Å². The number of amides is 1. The number of methoxy groups -OCH3 is 2. The van der Waals surface area contributed by atoms with Crippen molar-refractivity contribution in [3.8, 4) is 22.9 Å². The molecule has 1 aromatic heterocycles. The topological polar surface area (TPSA) is 77.7 Å². The highest BCUT2D eigenvalue weighted by Crippen LogP contribution is 2.31. The highest BCUT2D eigenvalue weighted by atomic mass is 35.5. The second-order valence-corrected chi connectivity index (χ2v) is 7.58. The summed E-state index contributed by atoms with van der Waals surface area (Å²) in [5.74, 6) is 2.30. The van der Waals surface area contributed by atoms with Crippen molar-refractivity contribution in [1.29, 1.82) is 0 Å². The molecular formula is C22H22ClN3O4. The standard InChI is InChI=1S/C22H22ClN3O4/c1-28-18-7-6-14(10-19(18)29-2)8-9-26-13-16(12-20(26)27)22-24-21(25-30-22)15-4-3-5-17(23)11-15/h3-7,10-11,16H,8-9,12-13H2,1-2H3. The summed E-state index contributed by atoms with van der Waals surface area (Å²) in [5, 5.41) is 4.66. The first-order valence-electron chi connectivity index (χ1n) is 9.65. The first-order valence-corrected chi connectivity index (χ1v) is 10.0. The number of hydrogen-bond donors (Lipinski definition) is 0. The zero-order chi connectivity index (χ0) is 21.1. The summed E-state index contributed by atoms with van der Waals surface area (Å²) >= 11 is 6.04. The molecule has 0 radical (unpaired) electrons. The van der Waals surface area contributed by atoms with E-state index >= 15 is 0 Å². The summed E-state index contributed by atoms with van der Waals surface area (Å²) in [7, 11) is 3.22. The lowest BCUT2D eigenvalue weighted by Gasteiger charge is -2.16. The van der Waals surface area contributed by atoms with Crippen LogP contribution in [-0.4, -0.2) is 48.3 Å². The first kappa shape index (κ1) is 20.2. The minimum Gasteiger partial charge on any atom is -0.493 e. The van der Waals surface area contributed by atoms with Crippen molar-refractivity contribution in [2.45, 2.75) is 18.8 Å². The van der Waals surface area contributed by atoms with Crippen molar-refractivity contribution in [3.05, 3.63) is 58.9 Å². The molecule has 1 unspecified atom stereocenters. The Bertz CT molecular complexity index is 1050. The maximum absolute atomic E-state index is 12.5. The van der Waals surface area contributed by atoms with Crippen molar-refractivity contribution in [2.75, 3.05) is 27.3 Å². The smallest absolute Gasteiger partial charge is 0.232 e. The molecule has 0 N–H and O–H groups in total. The molecular weight excluding hydrogens is 406 g/mol. The molecule has 2 heterocycles. The highest BCUT2D eigenvalue weighted by Gasteiger charge is 2.34. The molecule has 1 saturated heterocycles. The lowest BCUT2D eigenvalue weighted by molar-refractivity contribution is -0.127.